The molecule has 0 spiro atoms. The van der Waals surface area contributed by atoms with Gasteiger partial charge >= 0.3 is 0 Å². The van der Waals surface area contributed by atoms with Crippen molar-refractivity contribution in [1.82, 2.24) is 5.32 Å². The molecule has 0 amide bonds. The predicted octanol–water partition coefficient (Wildman–Crippen LogP) is 2.13. The first-order chi connectivity index (χ1) is 6.42. The highest BCUT2D eigenvalue weighted by Crippen LogP contribution is 2.31. The molecule has 0 aliphatic carbocycles. The molecule has 1 aliphatic rings. The highest BCUT2D eigenvalue weighted by molar-refractivity contribution is 5.36. The second-order valence-electron chi connectivity index (χ2n) is 3.31. The maximum atomic E-state index is 5.30. The lowest BCUT2D eigenvalue weighted by Gasteiger charge is -2.12. The van der Waals surface area contributed by atoms with E-state index in [1.165, 1.54) is 18.4 Å². The minimum atomic E-state index is 0.371. The topological polar surface area (TPSA) is 23.3 Å². The zero-order chi connectivity index (χ0) is 9.10. The summed E-state index contributed by atoms with van der Waals surface area (Å²) in [6.07, 6.45) is 2.38. The second-order valence-corrected chi connectivity index (χ2v) is 3.31. The van der Waals surface area contributed by atoms with E-state index in [4.69, 9.17) is 4.74 Å². The van der Waals surface area contributed by atoms with E-state index in [0.717, 1.165) is 12.3 Å². The van der Waals surface area contributed by atoms with Crippen LogP contribution in [0, 0.1) is 0 Å². The zero-order valence-electron chi connectivity index (χ0n) is 7.86. The quantitative estimate of drug-likeness (QED) is 0.677. The summed E-state index contributed by atoms with van der Waals surface area (Å²) in [4.78, 5) is 0. The molecule has 0 bridgehead atoms. The van der Waals surface area contributed by atoms with Gasteiger partial charge in [0.05, 0.1) is 13.2 Å². The molecule has 69 valence electrons. The molecule has 0 aromatic heterocycles. The SMILES string of the molecule is COc1ccccc1C1CCC[N]1. The molecule has 0 N–H and O–H groups in total. The lowest BCUT2D eigenvalue weighted by atomic mass is 10.0. The maximum absolute atomic E-state index is 5.30. The summed E-state index contributed by atoms with van der Waals surface area (Å²) >= 11 is 0. The number of hydrogen-bond donors (Lipinski definition) is 0. The van der Waals surface area contributed by atoms with Crippen molar-refractivity contribution in [2.75, 3.05) is 13.7 Å². The summed E-state index contributed by atoms with van der Waals surface area (Å²) in [6.45, 7) is 1.00. The molecule has 0 saturated carbocycles. The van der Waals surface area contributed by atoms with E-state index in [9.17, 15) is 0 Å². The van der Waals surface area contributed by atoms with Crippen LogP contribution in [-0.4, -0.2) is 13.7 Å². The van der Waals surface area contributed by atoms with Crippen LogP contribution in [0.2, 0.25) is 0 Å². The lowest BCUT2D eigenvalue weighted by molar-refractivity contribution is 0.403. The Balaban J connectivity index is 2.26. The average molecular weight is 176 g/mol. The first-order valence-corrected chi connectivity index (χ1v) is 4.71. The number of ether oxygens (including phenoxy) is 1. The van der Waals surface area contributed by atoms with E-state index in [-0.39, 0.29) is 0 Å². The summed E-state index contributed by atoms with van der Waals surface area (Å²) in [5, 5.41) is 4.53. The average Bonchev–Trinajstić information content (AvgIpc) is 2.70. The molecule has 2 rings (SSSR count). The summed E-state index contributed by atoms with van der Waals surface area (Å²) in [7, 11) is 1.72. The minimum Gasteiger partial charge on any atom is -0.496 e. The van der Waals surface area contributed by atoms with Crippen molar-refractivity contribution in [3.8, 4) is 5.75 Å². The van der Waals surface area contributed by atoms with Crippen LogP contribution in [0.25, 0.3) is 0 Å². The van der Waals surface area contributed by atoms with Crippen molar-refractivity contribution in [1.29, 1.82) is 0 Å². The molecule has 1 heterocycles. The third kappa shape index (κ3) is 1.68. The third-order valence-corrected chi connectivity index (χ3v) is 2.48. The Morgan fingerprint density at radius 2 is 2.23 bits per heavy atom. The van der Waals surface area contributed by atoms with Crippen LogP contribution in [0.3, 0.4) is 0 Å². The number of benzene rings is 1. The number of nitrogens with zero attached hydrogens (tertiary/aromatic N) is 1. The lowest BCUT2D eigenvalue weighted by Crippen LogP contribution is -2.06. The predicted molar refractivity (Wildman–Crippen MR) is 52.0 cm³/mol. The van der Waals surface area contributed by atoms with Gasteiger partial charge in [0.25, 0.3) is 0 Å². The van der Waals surface area contributed by atoms with Crippen LogP contribution in [0.15, 0.2) is 24.3 Å². The summed E-state index contributed by atoms with van der Waals surface area (Å²) in [5.74, 6) is 0.971. The van der Waals surface area contributed by atoms with Crippen LogP contribution in [0.1, 0.15) is 24.4 Å². The first kappa shape index (κ1) is 8.57. The van der Waals surface area contributed by atoms with Gasteiger partial charge < -0.3 is 4.74 Å². The molecular formula is C11H14NO. The molecular weight excluding hydrogens is 162 g/mol. The Morgan fingerprint density at radius 3 is 2.92 bits per heavy atom. The van der Waals surface area contributed by atoms with Gasteiger partial charge in [-0.2, -0.15) is 0 Å². The van der Waals surface area contributed by atoms with Crippen LogP contribution in [0.5, 0.6) is 5.75 Å². The number of para-hydroxylation sites is 1. The van der Waals surface area contributed by atoms with E-state index in [1.807, 2.05) is 18.2 Å². The summed E-state index contributed by atoms with van der Waals surface area (Å²) < 4.78 is 5.30. The fraction of sp³-hybridized carbons (Fsp3) is 0.455. The van der Waals surface area contributed by atoms with Crippen molar-refractivity contribution in [2.45, 2.75) is 18.9 Å². The van der Waals surface area contributed by atoms with Gasteiger partial charge in [-0.15, -0.1) is 0 Å². The van der Waals surface area contributed by atoms with Gasteiger partial charge in [-0.05, 0) is 18.9 Å². The van der Waals surface area contributed by atoms with Gasteiger partial charge in [-0.25, -0.2) is 5.32 Å². The molecule has 1 radical (unpaired) electrons. The highest BCUT2D eigenvalue weighted by Gasteiger charge is 2.20. The van der Waals surface area contributed by atoms with E-state index >= 15 is 0 Å². The minimum absolute atomic E-state index is 0.371. The van der Waals surface area contributed by atoms with Gasteiger partial charge in [0.1, 0.15) is 5.75 Å². The monoisotopic (exact) mass is 176 g/mol. The molecule has 1 fully saturated rings. The Labute approximate surface area is 78.9 Å². The van der Waals surface area contributed by atoms with Gasteiger partial charge in [-0.3, -0.25) is 0 Å². The van der Waals surface area contributed by atoms with Gasteiger partial charge in [0.15, 0.2) is 0 Å². The van der Waals surface area contributed by atoms with E-state index in [1.54, 1.807) is 7.11 Å². The van der Waals surface area contributed by atoms with Crippen LogP contribution >= 0.6 is 0 Å². The third-order valence-electron chi connectivity index (χ3n) is 2.48. The van der Waals surface area contributed by atoms with Crippen molar-refractivity contribution < 1.29 is 4.74 Å². The van der Waals surface area contributed by atoms with Crippen molar-refractivity contribution in [3.63, 3.8) is 0 Å². The molecule has 1 saturated heterocycles. The molecule has 1 unspecified atom stereocenters. The molecule has 1 atom stereocenters. The van der Waals surface area contributed by atoms with Crippen LogP contribution in [0.4, 0.5) is 0 Å². The van der Waals surface area contributed by atoms with E-state index in [2.05, 4.69) is 11.4 Å². The molecule has 2 heteroatoms. The number of hydrogen-bond acceptors (Lipinski definition) is 1. The van der Waals surface area contributed by atoms with Crippen molar-refractivity contribution >= 4 is 0 Å². The van der Waals surface area contributed by atoms with E-state index < -0.39 is 0 Å². The van der Waals surface area contributed by atoms with Gasteiger partial charge in [-0.1, -0.05) is 18.2 Å². The molecule has 1 aromatic rings. The smallest absolute Gasteiger partial charge is 0.123 e. The zero-order valence-corrected chi connectivity index (χ0v) is 7.86. The second kappa shape index (κ2) is 3.79. The standard InChI is InChI=1S/C11H14NO/c1-13-11-7-3-2-5-9(11)10-6-4-8-12-10/h2-3,5,7,10H,4,6,8H2,1H3. The van der Waals surface area contributed by atoms with Gasteiger partial charge in [0.2, 0.25) is 0 Å². The Morgan fingerprint density at radius 1 is 1.38 bits per heavy atom. The summed E-state index contributed by atoms with van der Waals surface area (Å²) in [6, 6.07) is 8.53. The molecule has 13 heavy (non-hydrogen) atoms. The normalized spacial score (nSPS) is 21.8. The maximum Gasteiger partial charge on any atom is 0.123 e. The van der Waals surface area contributed by atoms with Crippen molar-refractivity contribution in [2.24, 2.45) is 0 Å². The van der Waals surface area contributed by atoms with E-state index in [0.29, 0.717) is 6.04 Å². The fourth-order valence-corrected chi connectivity index (χ4v) is 1.82. The fourth-order valence-electron chi connectivity index (χ4n) is 1.82. The first-order valence-electron chi connectivity index (χ1n) is 4.71. The summed E-state index contributed by atoms with van der Waals surface area (Å²) in [5.41, 5.74) is 1.24. The van der Waals surface area contributed by atoms with Crippen molar-refractivity contribution in [3.05, 3.63) is 29.8 Å². The number of rotatable bonds is 2. The number of methoxy groups -OCH3 is 1. The Hall–Kier alpha value is -1.02. The highest BCUT2D eigenvalue weighted by atomic mass is 16.5. The largest absolute Gasteiger partial charge is 0.496 e. The Kier molecular flexibility index (Phi) is 2.50. The van der Waals surface area contributed by atoms with Gasteiger partial charge in [0, 0.05) is 12.1 Å². The molecule has 1 aliphatic heterocycles. The van der Waals surface area contributed by atoms with Crippen LogP contribution < -0.4 is 10.1 Å². The molecule has 1 aromatic carbocycles. The Bertz CT molecular complexity index is 279. The van der Waals surface area contributed by atoms with Crippen LogP contribution in [-0.2, 0) is 0 Å². The molecule has 2 nitrogen and oxygen atoms in total.